The van der Waals surface area contributed by atoms with Crippen molar-refractivity contribution in [1.82, 2.24) is 9.97 Å². The summed E-state index contributed by atoms with van der Waals surface area (Å²) in [6.07, 6.45) is -3.46. The van der Waals surface area contributed by atoms with Gasteiger partial charge in [0.05, 0.1) is 34.3 Å². The minimum absolute atomic E-state index is 0.000717. The summed E-state index contributed by atoms with van der Waals surface area (Å²) in [5.74, 6) is -2.97. The highest BCUT2D eigenvalue weighted by Crippen LogP contribution is 2.42. The van der Waals surface area contributed by atoms with Crippen molar-refractivity contribution < 1.29 is 37.3 Å². The monoisotopic (exact) mass is 545 g/mol. The Hall–Kier alpha value is -4.03. The number of nitrogens with one attached hydrogen (secondary N) is 1. The van der Waals surface area contributed by atoms with Crippen molar-refractivity contribution in [3.05, 3.63) is 76.9 Å². The summed E-state index contributed by atoms with van der Waals surface area (Å²) in [7, 11) is 0. The molecule has 0 aliphatic carbocycles. The van der Waals surface area contributed by atoms with E-state index in [9.17, 15) is 27.9 Å². The number of fused-ring (bicyclic) bond motifs is 1. The largest absolute Gasteiger partial charge is 0.507 e. The zero-order valence-electron chi connectivity index (χ0n) is 20.0. The molecule has 1 unspecified atom stereocenters. The predicted molar refractivity (Wildman–Crippen MR) is 134 cm³/mol. The smallest absolute Gasteiger partial charge is 0.418 e. The summed E-state index contributed by atoms with van der Waals surface area (Å²) in [4.78, 5) is 33.4. The number of carbonyl (C=O) groups excluding carboxylic acids is 2. The number of aromatic hydroxyl groups is 1. The lowest BCUT2D eigenvalue weighted by molar-refractivity contribution is -0.141. The van der Waals surface area contributed by atoms with Gasteiger partial charge in [-0.3, -0.25) is 15.1 Å². The van der Waals surface area contributed by atoms with Crippen molar-refractivity contribution in [2.45, 2.75) is 25.4 Å². The molecule has 12 heteroatoms. The Balaban J connectivity index is 1.70. The number of pyridine rings is 1. The number of halogens is 3. The highest BCUT2D eigenvalue weighted by molar-refractivity contribution is 7.13. The number of amides is 1. The number of esters is 1. The van der Waals surface area contributed by atoms with Crippen LogP contribution in [0.5, 0.6) is 11.5 Å². The van der Waals surface area contributed by atoms with Crippen LogP contribution in [-0.4, -0.2) is 40.2 Å². The van der Waals surface area contributed by atoms with Gasteiger partial charge >= 0.3 is 12.1 Å². The molecule has 198 valence electrons. The molecule has 0 saturated carbocycles. The molecule has 4 aromatic rings. The van der Waals surface area contributed by atoms with E-state index in [-0.39, 0.29) is 29.1 Å². The fourth-order valence-electron chi connectivity index (χ4n) is 3.89. The number of phenolic OH excluding ortho intramolecular Hbond substituents is 1. The Morgan fingerprint density at radius 3 is 2.55 bits per heavy atom. The number of ether oxygens (including phenoxy) is 2. The van der Waals surface area contributed by atoms with Gasteiger partial charge in [-0.05, 0) is 30.7 Å². The van der Waals surface area contributed by atoms with Gasteiger partial charge in [0.15, 0.2) is 5.13 Å². The first-order valence-corrected chi connectivity index (χ1v) is 12.3. The van der Waals surface area contributed by atoms with E-state index in [1.165, 1.54) is 24.4 Å². The second-order valence-corrected chi connectivity index (χ2v) is 9.01. The van der Waals surface area contributed by atoms with Crippen LogP contribution in [0.3, 0.4) is 0 Å². The molecule has 38 heavy (non-hydrogen) atoms. The molecule has 8 nitrogen and oxygen atoms in total. The van der Waals surface area contributed by atoms with Crippen LogP contribution < -0.4 is 10.1 Å². The Morgan fingerprint density at radius 1 is 1.13 bits per heavy atom. The summed E-state index contributed by atoms with van der Waals surface area (Å²) < 4.78 is 54.3. The van der Waals surface area contributed by atoms with E-state index in [1.54, 1.807) is 42.6 Å². The molecule has 2 heterocycles. The zero-order chi connectivity index (χ0) is 27.3. The van der Waals surface area contributed by atoms with Gasteiger partial charge in [0, 0.05) is 17.5 Å². The third-order valence-electron chi connectivity index (χ3n) is 5.57. The number of rotatable bonds is 9. The van der Waals surface area contributed by atoms with E-state index < -0.39 is 53.1 Å². The zero-order valence-corrected chi connectivity index (χ0v) is 20.8. The van der Waals surface area contributed by atoms with Crippen LogP contribution in [0.25, 0.3) is 10.9 Å². The van der Waals surface area contributed by atoms with Crippen molar-refractivity contribution in [3.8, 4) is 11.5 Å². The van der Waals surface area contributed by atoms with Crippen LogP contribution in [0.2, 0.25) is 0 Å². The molecule has 2 aromatic carbocycles. The minimum Gasteiger partial charge on any atom is -0.507 e. The molecule has 0 fully saturated rings. The molecule has 2 N–H and O–H groups in total. The van der Waals surface area contributed by atoms with Crippen LogP contribution >= 0.6 is 11.3 Å². The number of carbonyl (C=O) groups is 2. The van der Waals surface area contributed by atoms with Crippen LogP contribution in [-0.2, 0) is 15.7 Å². The lowest BCUT2D eigenvalue weighted by Gasteiger charge is -2.23. The van der Waals surface area contributed by atoms with Gasteiger partial charge in [-0.15, -0.1) is 11.3 Å². The number of benzene rings is 2. The SMILES string of the molecule is CCC(COCC(=O)Oc1ccccc1)c1nc2cccc(O)c2c(C(=O)Nc2nccs2)c1C(F)(F)F. The van der Waals surface area contributed by atoms with E-state index in [1.807, 2.05) is 0 Å². The third-order valence-corrected chi connectivity index (χ3v) is 6.26. The molecule has 1 atom stereocenters. The summed E-state index contributed by atoms with van der Waals surface area (Å²) >= 11 is 1.03. The Labute approximate surface area is 219 Å². The van der Waals surface area contributed by atoms with E-state index in [2.05, 4.69) is 15.3 Å². The van der Waals surface area contributed by atoms with Crippen LogP contribution in [0.4, 0.5) is 18.3 Å². The van der Waals surface area contributed by atoms with Crippen molar-refractivity contribution in [3.63, 3.8) is 0 Å². The first-order valence-electron chi connectivity index (χ1n) is 11.5. The first kappa shape index (κ1) is 27.0. The topological polar surface area (TPSA) is 111 Å². The van der Waals surface area contributed by atoms with E-state index >= 15 is 0 Å². The van der Waals surface area contributed by atoms with Crippen LogP contribution in [0, 0.1) is 0 Å². The fourth-order valence-corrected chi connectivity index (χ4v) is 4.42. The molecule has 0 bridgehead atoms. The second kappa shape index (κ2) is 11.6. The number of hydrogen-bond acceptors (Lipinski definition) is 8. The fraction of sp³-hybridized carbons (Fsp3) is 0.231. The van der Waals surface area contributed by atoms with Crippen LogP contribution in [0.15, 0.2) is 60.1 Å². The Kier molecular flexibility index (Phi) is 8.23. The number of alkyl halides is 3. The third kappa shape index (κ3) is 6.09. The lowest BCUT2D eigenvalue weighted by Crippen LogP contribution is -2.25. The van der Waals surface area contributed by atoms with Crippen molar-refractivity contribution in [2.75, 3.05) is 18.5 Å². The maximum absolute atomic E-state index is 14.6. The average Bonchev–Trinajstić information content (AvgIpc) is 3.39. The molecule has 0 spiro atoms. The van der Waals surface area contributed by atoms with Gasteiger partial charge in [-0.25, -0.2) is 9.78 Å². The molecule has 4 rings (SSSR count). The highest BCUT2D eigenvalue weighted by Gasteiger charge is 2.42. The van der Waals surface area contributed by atoms with Gasteiger partial charge in [0.2, 0.25) is 0 Å². The first-order chi connectivity index (χ1) is 18.2. The average molecular weight is 546 g/mol. The van der Waals surface area contributed by atoms with Crippen molar-refractivity contribution >= 4 is 39.2 Å². The van der Waals surface area contributed by atoms with Gasteiger partial charge < -0.3 is 14.6 Å². The molecule has 0 saturated heterocycles. The maximum Gasteiger partial charge on any atom is 0.418 e. The predicted octanol–water partition coefficient (Wildman–Crippen LogP) is 5.78. The van der Waals surface area contributed by atoms with E-state index in [4.69, 9.17) is 9.47 Å². The maximum atomic E-state index is 14.6. The molecule has 0 radical (unpaired) electrons. The highest BCUT2D eigenvalue weighted by atomic mass is 32.1. The summed E-state index contributed by atoms with van der Waals surface area (Å²) in [5.41, 5.74) is -2.49. The molecular formula is C26H22F3N3O5S. The van der Waals surface area contributed by atoms with Gasteiger partial charge in [-0.2, -0.15) is 13.2 Å². The number of para-hydroxylation sites is 1. The number of phenols is 1. The molecule has 2 aromatic heterocycles. The molecule has 0 aliphatic heterocycles. The second-order valence-electron chi connectivity index (χ2n) is 8.11. The summed E-state index contributed by atoms with van der Waals surface area (Å²) in [6, 6.07) is 12.3. The Bertz CT molecular complexity index is 1430. The van der Waals surface area contributed by atoms with Crippen LogP contribution in [0.1, 0.15) is 40.9 Å². The number of thiazole rings is 1. The lowest BCUT2D eigenvalue weighted by atomic mass is 9.91. The summed E-state index contributed by atoms with van der Waals surface area (Å²) in [6.45, 7) is 0.840. The van der Waals surface area contributed by atoms with Gasteiger partial charge in [0.1, 0.15) is 18.1 Å². The quantitative estimate of drug-likeness (QED) is 0.203. The number of aromatic nitrogens is 2. The Morgan fingerprint density at radius 2 is 1.89 bits per heavy atom. The molecular weight excluding hydrogens is 523 g/mol. The minimum atomic E-state index is -5.01. The number of hydrogen-bond donors (Lipinski definition) is 2. The normalized spacial score (nSPS) is 12.3. The van der Waals surface area contributed by atoms with Crippen molar-refractivity contribution in [1.29, 1.82) is 0 Å². The summed E-state index contributed by atoms with van der Waals surface area (Å²) in [5, 5.41) is 14.1. The van der Waals surface area contributed by atoms with Gasteiger partial charge in [0.25, 0.3) is 5.91 Å². The molecule has 0 aliphatic rings. The van der Waals surface area contributed by atoms with E-state index in [0.29, 0.717) is 5.75 Å². The number of nitrogens with zero attached hydrogens (tertiary/aromatic N) is 2. The standard InChI is InChI=1S/C26H22F3N3O5S/c1-2-15(13-36-14-19(34)37-16-7-4-3-5-8-16)23-22(26(27,28)29)21(24(35)32-25-30-11-12-38-25)20-17(31-23)9-6-10-18(20)33/h3-12,15,33H,2,13-14H2,1H3,(H,30,32,35). The van der Waals surface area contributed by atoms with Crippen molar-refractivity contribution in [2.24, 2.45) is 0 Å². The molecule has 1 amide bonds. The van der Waals surface area contributed by atoms with E-state index in [0.717, 1.165) is 11.3 Å². The number of anilines is 1. The van der Waals surface area contributed by atoms with Gasteiger partial charge in [-0.1, -0.05) is 31.2 Å².